The summed E-state index contributed by atoms with van der Waals surface area (Å²) in [6, 6.07) is 8.36. The van der Waals surface area contributed by atoms with Crippen LogP contribution in [0.2, 0.25) is 5.02 Å². The van der Waals surface area contributed by atoms with Gasteiger partial charge < -0.3 is 10.2 Å². The van der Waals surface area contributed by atoms with Gasteiger partial charge in [0.1, 0.15) is 0 Å². The number of hydrogen-bond donors (Lipinski definition) is 1. The molecule has 0 saturated carbocycles. The zero-order valence-corrected chi connectivity index (χ0v) is 16.2. The van der Waals surface area contributed by atoms with E-state index in [0.29, 0.717) is 27.0 Å². The van der Waals surface area contributed by atoms with Crippen molar-refractivity contribution in [1.82, 2.24) is 4.90 Å². The lowest BCUT2D eigenvalue weighted by Crippen LogP contribution is -2.22. The van der Waals surface area contributed by atoms with Gasteiger partial charge in [-0.1, -0.05) is 30.3 Å². The van der Waals surface area contributed by atoms with E-state index < -0.39 is 11.7 Å². The lowest BCUT2D eigenvalue weighted by atomic mass is 10.0. The molecule has 0 fully saturated rings. The highest BCUT2D eigenvalue weighted by molar-refractivity contribution is 6.37. The largest absolute Gasteiger partial charge is 0.412 e. The minimum Gasteiger partial charge on any atom is -0.355 e. The highest BCUT2D eigenvalue weighted by Crippen LogP contribution is 2.35. The number of carbonyl (C=O) groups is 1. The predicted octanol–water partition coefficient (Wildman–Crippen LogP) is 6.02. The first-order chi connectivity index (χ1) is 12.4. The topological polar surface area (TPSA) is 32.3 Å². The van der Waals surface area contributed by atoms with Crippen LogP contribution in [0.5, 0.6) is 0 Å². The molecule has 1 N–H and O–H groups in total. The summed E-state index contributed by atoms with van der Waals surface area (Å²) in [6.07, 6.45) is -4.43. The summed E-state index contributed by atoms with van der Waals surface area (Å²) in [6.45, 7) is 6.09. The molecule has 0 unspecified atom stereocenters. The Morgan fingerprint density at radius 3 is 2.33 bits per heavy atom. The molecule has 1 amide bonds. The number of amides is 1. The van der Waals surface area contributed by atoms with Gasteiger partial charge in [0.2, 0.25) is 0 Å². The number of alkyl halides is 3. The van der Waals surface area contributed by atoms with Crippen LogP contribution in [0, 0.1) is 0 Å². The minimum atomic E-state index is -4.43. The van der Waals surface area contributed by atoms with E-state index in [1.54, 1.807) is 44.4 Å². The second-order valence-electron chi connectivity index (χ2n) is 6.37. The van der Waals surface area contributed by atoms with Gasteiger partial charge >= 0.3 is 6.18 Å². The summed E-state index contributed by atoms with van der Waals surface area (Å²) in [5, 5.41) is 4.46. The normalized spacial score (nSPS) is 12.6. The summed E-state index contributed by atoms with van der Waals surface area (Å²) < 4.78 is 38.8. The first kappa shape index (κ1) is 20.8. The van der Waals surface area contributed by atoms with E-state index in [-0.39, 0.29) is 17.2 Å². The highest BCUT2D eigenvalue weighted by Gasteiger charge is 2.32. The fourth-order valence-corrected chi connectivity index (χ4v) is 2.86. The molecule has 27 heavy (non-hydrogen) atoms. The number of fused-ring (bicyclic) bond motifs is 1. The molecule has 0 saturated heterocycles. The zero-order valence-electron chi connectivity index (χ0n) is 15.5. The van der Waals surface area contributed by atoms with Crippen molar-refractivity contribution in [3.63, 3.8) is 0 Å². The Labute approximate surface area is 161 Å². The molecular weight excluding hydrogens is 377 g/mol. The van der Waals surface area contributed by atoms with Crippen molar-refractivity contribution in [3.05, 3.63) is 64.3 Å². The number of allylic oxidation sites excluding steroid dienone is 2. The number of rotatable bonds is 4. The van der Waals surface area contributed by atoms with Crippen LogP contribution >= 0.6 is 11.6 Å². The van der Waals surface area contributed by atoms with Gasteiger partial charge in [-0.05, 0) is 37.6 Å². The Kier molecular flexibility index (Phi) is 5.90. The van der Waals surface area contributed by atoms with E-state index in [2.05, 4.69) is 11.9 Å². The molecule has 2 rings (SSSR count). The molecule has 2 aromatic carbocycles. The smallest absolute Gasteiger partial charge is 0.355 e. The molecule has 0 aliphatic rings. The zero-order chi connectivity index (χ0) is 20.5. The second-order valence-corrected chi connectivity index (χ2v) is 6.78. The van der Waals surface area contributed by atoms with Gasteiger partial charge in [-0.3, -0.25) is 4.79 Å². The first-order valence-electron chi connectivity index (χ1n) is 8.09. The van der Waals surface area contributed by atoms with Crippen LogP contribution in [-0.4, -0.2) is 31.1 Å². The fraction of sp³-hybridized carbons (Fsp3) is 0.250. The third-order valence-corrected chi connectivity index (χ3v) is 4.67. The Morgan fingerprint density at radius 1 is 1.15 bits per heavy atom. The molecule has 0 atom stereocenters. The van der Waals surface area contributed by atoms with E-state index >= 15 is 0 Å². The molecule has 7 heteroatoms. The molecule has 2 aromatic rings. The van der Waals surface area contributed by atoms with Gasteiger partial charge in [0, 0.05) is 52.4 Å². The van der Waals surface area contributed by atoms with Gasteiger partial charge in [0.25, 0.3) is 5.91 Å². The third kappa shape index (κ3) is 4.27. The van der Waals surface area contributed by atoms with Crippen LogP contribution < -0.4 is 5.32 Å². The fourth-order valence-electron chi connectivity index (χ4n) is 2.59. The molecule has 0 aromatic heterocycles. The highest BCUT2D eigenvalue weighted by atomic mass is 35.5. The van der Waals surface area contributed by atoms with Crippen molar-refractivity contribution in [3.8, 4) is 0 Å². The van der Waals surface area contributed by atoms with Crippen molar-refractivity contribution in [2.45, 2.75) is 20.0 Å². The van der Waals surface area contributed by atoms with Gasteiger partial charge in [-0.15, -0.1) is 0 Å². The molecule has 0 aliphatic heterocycles. The maximum absolute atomic E-state index is 12.9. The molecule has 0 aliphatic carbocycles. The third-order valence-electron chi connectivity index (χ3n) is 4.35. The van der Waals surface area contributed by atoms with Crippen molar-refractivity contribution in [2.75, 3.05) is 19.4 Å². The summed E-state index contributed by atoms with van der Waals surface area (Å²) >= 11 is 6.31. The number of hydrogen-bond acceptors (Lipinski definition) is 2. The number of anilines is 1. The van der Waals surface area contributed by atoms with Crippen molar-refractivity contribution in [2.24, 2.45) is 0 Å². The lowest BCUT2D eigenvalue weighted by Gasteiger charge is -2.19. The predicted molar refractivity (Wildman–Crippen MR) is 104 cm³/mol. The van der Waals surface area contributed by atoms with E-state index in [4.69, 9.17) is 11.6 Å². The molecule has 0 heterocycles. The lowest BCUT2D eigenvalue weighted by molar-refractivity contribution is -0.0920. The van der Waals surface area contributed by atoms with Crippen LogP contribution in [0.15, 0.2) is 53.8 Å². The van der Waals surface area contributed by atoms with E-state index in [0.717, 1.165) is 6.92 Å². The average Bonchev–Trinajstić information content (AvgIpc) is 2.59. The van der Waals surface area contributed by atoms with Crippen LogP contribution in [-0.2, 0) is 0 Å². The Balaban J connectivity index is 2.56. The van der Waals surface area contributed by atoms with Gasteiger partial charge in [0.15, 0.2) is 0 Å². The quantitative estimate of drug-likeness (QED) is 0.641. The van der Waals surface area contributed by atoms with Crippen molar-refractivity contribution in [1.29, 1.82) is 0 Å². The molecule has 0 bridgehead atoms. The number of benzene rings is 2. The molecular formula is C20H20ClF3N2O. The molecule has 0 spiro atoms. The summed E-state index contributed by atoms with van der Waals surface area (Å²) in [7, 11) is 3.26. The number of nitrogens with one attached hydrogen (secondary N) is 1. The van der Waals surface area contributed by atoms with Crippen LogP contribution in [0.1, 0.15) is 24.2 Å². The SMILES string of the molecule is C=C(Nc1ccc(C(=O)N(C)C)c2c(Cl)cccc12)/C(C)=C(\C)C(F)(F)F. The van der Waals surface area contributed by atoms with Crippen LogP contribution in [0.3, 0.4) is 0 Å². The molecule has 144 valence electrons. The number of carbonyl (C=O) groups excluding carboxylic acids is 1. The average molecular weight is 397 g/mol. The Bertz CT molecular complexity index is 946. The van der Waals surface area contributed by atoms with Crippen molar-refractivity contribution >= 4 is 34.0 Å². The van der Waals surface area contributed by atoms with Gasteiger partial charge in [0.05, 0.1) is 0 Å². The maximum atomic E-state index is 12.9. The molecule has 0 radical (unpaired) electrons. The summed E-state index contributed by atoms with van der Waals surface area (Å²) in [4.78, 5) is 13.9. The van der Waals surface area contributed by atoms with E-state index in [1.165, 1.54) is 11.8 Å². The van der Waals surface area contributed by atoms with Crippen LogP contribution in [0.25, 0.3) is 10.8 Å². The molecule has 3 nitrogen and oxygen atoms in total. The first-order valence-corrected chi connectivity index (χ1v) is 8.46. The van der Waals surface area contributed by atoms with Gasteiger partial charge in [-0.25, -0.2) is 0 Å². The summed E-state index contributed by atoms with van der Waals surface area (Å²) in [5.41, 5.74) is 0.336. The standard InChI is InChI=1S/C20H20ClF3N2O/c1-11(12(2)20(22,23)24)13(3)25-17-10-9-15(19(27)26(4)5)18-14(17)7-6-8-16(18)21/h6-10,25H,3H2,1-2,4-5H3/b12-11+. The van der Waals surface area contributed by atoms with Gasteiger partial charge in [-0.2, -0.15) is 13.2 Å². The second kappa shape index (κ2) is 7.64. The Morgan fingerprint density at radius 2 is 1.78 bits per heavy atom. The van der Waals surface area contributed by atoms with E-state index in [1.807, 2.05) is 0 Å². The summed E-state index contributed by atoms with van der Waals surface area (Å²) in [5.74, 6) is -0.220. The number of nitrogens with zero attached hydrogens (tertiary/aromatic N) is 1. The maximum Gasteiger partial charge on any atom is 0.412 e. The Hall–Kier alpha value is -2.47. The van der Waals surface area contributed by atoms with Crippen molar-refractivity contribution < 1.29 is 18.0 Å². The monoisotopic (exact) mass is 396 g/mol. The minimum absolute atomic E-state index is 0.00567. The van der Waals surface area contributed by atoms with Crippen LogP contribution in [0.4, 0.5) is 18.9 Å². The number of halogens is 4. The van der Waals surface area contributed by atoms with E-state index in [9.17, 15) is 18.0 Å².